The third-order valence-electron chi connectivity index (χ3n) is 10.0. The standard InChI is InChI=1S/C40H47NO13/c1-22(42)48-27(34(44)53-37(2,3)4)21-29(43)51-31(23-12-10-9-11-13-23)35(45)49-26-16-17-40(47)28-20-24-14-15-25(50-36(46)54-38(5,6)7)32-30(24)39(40,33(26)52-32)18-19-41(28)8/h9-16,27-28,31,33,47H,17-21H2,1-8H3/t27-,28-,31-,33-,39-,40+/m0/s1. The highest BCUT2D eigenvalue weighted by Gasteiger charge is 2.72. The number of carbonyl (C=O) groups excluding carboxylic acids is 5. The summed E-state index contributed by atoms with van der Waals surface area (Å²) < 4.78 is 39.9. The van der Waals surface area contributed by atoms with Crippen LogP contribution < -0.4 is 9.47 Å². The van der Waals surface area contributed by atoms with Gasteiger partial charge in [-0.3, -0.25) is 9.59 Å². The van der Waals surface area contributed by atoms with Gasteiger partial charge in [-0.15, -0.1) is 0 Å². The summed E-state index contributed by atoms with van der Waals surface area (Å²) in [5, 5.41) is 12.6. The molecule has 2 bridgehead atoms. The van der Waals surface area contributed by atoms with Crippen molar-refractivity contribution in [1.29, 1.82) is 0 Å². The van der Waals surface area contributed by atoms with Crippen molar-refractivity contribution in [3.8, 4) is 11.5 Å². The minimum absolute atomic E-state index is 0.0868. The molecule has 0 aromatic heterocycles. The van der Waals surface area contributed by atoms with E-state index in [1.807, 2.05) is 13.1 Å². The Labute approximate surface area is 313 Å². The maximum Gasteiger partial charge on any atom is 0.514 e. The molecule has 2 aromatic rings. The minimum Gasteiger partial charge on any atom is -0.477 e. The molecule has 2 aromatic carbocycles. The van der Waals surface area contributed by atoms with E-state index < -0.39 is 77.0 Å². The summed E-state index contributed by atoms with van der Waals surface area (Å²) in [7, 11) is 1.96. The highest BCUT2D eigenvalue weighted by atomic mass is 16.7. The molecule has 6 atom stereocenters. The molecule has 290 valence electrons. The zero-order chi connectivity index (χ0) is 39.4. The van der Waals surface area contributed by atoms with Crippen molar-refractivity contribution in [3.05, 3.63) is 71.0 Å². The fourth-order valence-corrected chi connectivity index (χ4v) is 7.99. The van der Waals surface area contributed by atoms with Gasteiger partial charge in [0.25, 0.3) is 0 Å². The molecule has 2 heterocycles. The Morgan fingerprint density at radius 1 is 0.926 bits per heavy atom. The van der Waals surface area contributed by atoms with Gasteiger partial charge in [0.05, 0.1) is 17.4 Å². The SMILES string of the molecule is CC(=O)O[C@@H](CC(=O)O[C@H](C(=O)OC1=CC[C@@]2(O)[C@@H]3Cc4ccc(OC(=O)OC(C)(C)C)c5c4[C@@]2(CCN3C)[C@H]1O5)c1ccccc1)C(=O)OC(C)(C)C. The van der Waals surface area contributed by atoms with Crippen LogP contribution >= 0.6 is 0 Å². The van der Waals surface area contributed by atoms with Crippen LogP contribution in [-0.2, 0) is 54.7 Å². The Bertz CT molecular complexity index is 1880. The molecular weight excluding hydrogens is 702 g/mol. The van der Waals surface area contributed by atoms with E-state index in [1.165, 1.54) is 0 Å². The molecule has 1 N–H and O–H groups in total. The van der Waals surface area contributed by atoms with Gasteiger partial charge in [0, 0.05) is 30.5 Å². The van der Waals surface area contributed by atoms with Gasteiger partial charge >= 0.3 is 30.0 Å². The molecule has 4 aliphatic rings. The Balaban J connectivity index is 1.31. The van der Waals surface area contributed by atoms with Gasteiger partial charge in [-0.1, -0.05) is 36.4 Å². The first kappa shape index (κ1) is 38.8. The van der Waals surface area contributed by atoms with E-state index in [0.29, 0.717) is 24.9 Å². The van der Waals surface area contributed by atoms with E-state index in [-0.39, 0.29) is 35.3 Å². The summed E-state index contributed by atoms with van der Waals surface area (Å²) >= 11 is 0. The molecule has 1 saturated heterocycles. The van der Waals surface area contributed by atoms with Crippen molar-refractivity contribution in [1.82, 2.24) is 4.90 Å². The number of hydrogen-bond donors (Lipinski definition) is 1. The van der Waals surface area contributed by atoms with Gasteiger partial charge in [0.1, 0.15) is 17.0 Å². The average Bonchev–Trinajstić information content (AvgIpc) is 3.42. The minimum atomic E-state index is -1.63. The van der Waals surface area contributed by atoms with Crippen LogP contribution in [0.3, 0.4) is 0 Å². The molecular formula is C40H47NO13. The lowest BCUT2D eigenvalue weighted by atomic mass is 9.50. The zero-order valence-corrected chi connectivity index (χ0v) is 31.8. The summed E-state index contributed by atoms with van der Waals surface area (Å²) in [4.78, 5) is 67.1. The fourth-order valence-electron chi connectivity index (χ4n) is 7.99. The third-order valence-corrected chi connectivity index (χ3v) is 10.0. The van der Waals surface area contributed by atoms with Crippen LogP contribution in [-0.4, -0.2) is 88.7 Å². The third kappa shape index (κ3) is 7.28. The van der Waals surface area contributed by atoms with Crippen LogP contribution in [0.1, 0.15) is 90.5 Å². The van der Waals surface area contributed by atoms with Crippen molar-refractivity contribution in [3.63, 3.8) is 0 Å². The smallest absolute Gasteiger partial charge is 0.477 e. The summed E-state index contributed by atoms with van der Waals surface area (Å²) in [6.07, 6.45) is -3.28. The Kier molecular flexibility index (Phi) is 10.1. The Morgan fingerprint density at radius 2 is 1.61 bits per heavy atom. The van der Waals surface area contributed by atoms with E-state index in [4.69, 9.17) is 33.2 Å². The topological polar surface area (TPSA) is 173 Å². The molecule has 14 nitrogen and oxygen atoms in total. The molecule has 0 unspecified atom stereocenters. The summed E-state index contributed by atoms with van der Waals surface area (Å²) in [5.41, 5.74) is -2.33. The number of nitrogens with zero attached hydrogens (tertiary/aromatic N) is 1. The highest BCUT2D eigenvalue weighted by Crippen LogP contribution is 2.65. The lowest BCUT2D eigenvalue weighted by Gasteiger charge is -2.61. The number of esters is 4. The quantitative estimate of drug-likeness (QED) is 0.211. The van der Waals surface area contributed by atoms with Gasteiger partial charge in [0.2, 0.25) is 12.2 Å². The maximum absolute atomic E-state index is 14.2. The molecule has 2 aliphatic carbocycles. The van der Waals surface area contributed by atoms with E-state index >= 15 is 0 Å². The second-order valence-electron chi connectivity index (χ2n) is 16.2. The molecule has 0 radical (unpaired) electrons. The van der Waals surface area contributed by atoms with Gasteiger partial charge in [-0.2, -0.15) is 0 Å². The normalized spacial score (nSPS) is 25.1. The van der Waals surface area contributed by atoms with Crippen LogP contribution in [0.2, 0.25) is 0 Å². The lowest BCUT2D eigenvalue weighted by Crippen LogP contribution is -2.74. The average molecular weight is 750 g/mol. The van der Waals surface area contributed by atoms with Crippen molar-refractivity contribution in [2.45, 2.75) is 121 Å². The number of likely N-dealkylation sites (tertiary alicyclic amines) is 1. The summed E-state index contributed by atoms with van der Waals surface area (Å²) in [6.45, 7) is 11.7. The van der Waals surface area contributed by atoms with Crippen LogP contribution in [0.25, 0.3) is 0 Å². The van der Waals surface area contributed by atoms with Crippen LogP contribution in [0.15, 0.2) is 54.3 Å². The van der Waals surface area contributed by atoms with Crippen molar-refractivity contribution < 1.29 is 62.2 Å². The fraction of sp³-hybridized carbons (Fsp3) is 0.525. The van der Waals surface area contributed by atoms with E-state index in [9.17, 15) is 29.1 Å². The number of aliphatic hydroxyl groups is 1. The molecule has 0 amide bonds. The molecule has 0 saturated carbocycles. The second kappa shape index (κ2) is 14.0. The lowest BCUT2D eigenvalue weighted by molar-refractivity contribution is -0.182. The number of rotatable bonds is 9. The number of benzene rings is 2. The van der Waals surface area contributed by atoms with Crippen molar-refractivity contribution in [2.24, 2.45) is 0 Å². The predicted molar refractivity (Wildman–Crippen MR) is 189 cm³/mol. The first-order chi connectivity index (χ1) is 25.2. The van der Waals surface area contributed by atoms with Crippen molar-refractivity contribution >= 4 is 30.0 Å². The highest BCUT2D eigenvalue weighted by molar-refractivity contribution is 5.86. The molecule has 54 heavy (non-hydrogen) atoms. The maximum atomic E-state index is 14.2. The first-order valence-corrected chi connectivity index (χ1v) is 17.9. The van der Waals surface area contributed by atoms with Gasteiger partial charge in [-0.05, 0) is 85.7 Å². The number of piperidine rings is 1. The summed E-state index contributed by atoms with van der Waals surface area (Å²) in [6, 6.07) is 11.3. The Morgan fingerprint density at radius 3 is 2.26 bits per heavy atom. The van der Waals surface area contributed by atoms with E-state index in [2.05, 4.69) is 4.90 Å². The van der Waals surface area contributed by atoms with Crippen LogP contribution in [0.5, 0.6) is 11.5 Å². The van der Waals surface area contributed by atoms with Crippen LogP contribution in [0.4, 0.5) is 4.79 Å². The predicted octanol–water partition coefficient (Wildman–Crippen LogP) is 4.77. The van der Waals surface area contributed by atoms with Crippen molar-refractivity contribution in [2.75, 3.05) is 13.6 Å². The van der Waals surface area contributed by atoms with E-state index in [1.54, 1.807) is 84.0 Å². The second-order valence-corrected chi connectivity index (χ2v) is 16.2. The first-order valence-electron chi connectivity index (χ1n) is 17.9. The largest absolute Gasteiger partial charge is 0.514 e. The number of likely N-dealkylation sites (N-methyl/N-ethyl adjacent to an activating group) is 1. The van der Waals surface area contributed by atoms with Gasteiger partial charge in [0.15, 0.2) is 17.6 Å². The molecule has 14 heteroatoms. The Hall–Kier alpha value is -4.95. The molecule has 6 rings (SSSR count). The van der Waals surface area contributed by atoms with Gasteiger partial charge in [-0.25, -0.2) is 14.4 Å². The monoisotopic (exact) mass is 749 g/mol. The zero-order valence-electron chi connectivity index (χ0n) is 31.8. The van der Waals surface area contributed by atoms with Gasteiger partial charge < -0.3 is 43.2 Å². The molecule has 1 fully saturated rings. The summed E-state index contributed by atoms with van der Waals surface area (Å²) in [5.74, 6) is -3.35. The van der Waals surface area contributed by atoms with Crippen LogP contribution in [0, 0.1) is 0 Å². The van der Waals surface area contributed by atoms with E-state index in [0.717, 1.165) is 12.5 Å². The molecule has 2 aliphatic heterocycles. The molecule has 1 spiro atoms. The number of ether oxygens (including phenoxy) is 7. The number of hydrogen-bond acceptors (Lipinski definition) is 14. The number of carbonyl (C=O) groups is 5.